The molecule has 0 fully saturated rings. The van der Waals surface area contributed by atoms with Crippen LogP contribution in [0.4, 0.5) is 5.69 Å². The fourth-order valence-electron chi connectivity index (χ4n) is 1.77. The maximum atomic E-state index is 12.0. The fourth-order valence-corrected chi connectivity index (χ4v) is 1.77. The highest BCUT2D eigenvalue weighted by atomic mass is 16.5. The van der Waals surface area contributed by atoms with Crippen LogP contribution in [0, 0.1) is 0 Å². The Balaban J connectivity index is 1.83. The first-order valence-corrected chi connectivity index (χ1v) is 6.77. The Hall–Kier alpha value is -2.40. The maximum absolute atomic E-state index is 12.0. The molecule has 0 aliphatic heterocycles. The molecule has 0 radical (unpaired) electrons. The zero-order valence-electron chi connectivity index (χ0n) is 12.2. The highest BCUT2D eigenvalue weighted by molar-refractivity contribution is 5.94. The molecule has 1 heterocycles. The third kappa shape index (κ3) is 4.57. The molecule has 110 valence electrons. The molecule has 0 saturated carbocycles. The number of methoxy groups -OCH3 is 1. The van der Waals surface area contributed by atoms with Crippen molar-refractivity contribution in [3.63, 3.8) is 0 Å². The molecule has 5 nitrogen and oxygen atoms in total. The van der Waals surface area contributed by atoms with Crippen LogP contribution in [0.25, 0.3) is 0 Å². The number of hydrogen-bond acceptors (Lipinski definition) is 4. The first-order chi connectivity index (χ1) is 10.2. The van der Waals surface area contributed by atoms with Crippen LogP contribution in [0.1, 0.15) is 12.5 Å². The van der Waals surface area contributed by atoms with E-state index < -0.39 is 0 Å². The first-order valence-electron chi connectivity index (χ1n) is 6.77. The number of carbonyl (C=O) groups is 1. The molecule has 0 aliphatic carbocycles. The van der Waals surface area contributed by atoms with E-state index in [1.807, 2.05) is 43.3 Å². The quantitative estimate of drug-likeness (QED) is 0.854. The number of pyridine rings is 1. The van der Waals surface area contributed by atoms with Gasteiger partial charge in [-0.1, -0.05) is 24.3 Å². The summed E-state index contributed by atoms with van der Waals surface area (Å²) < 4.78 is 5.00. The van der Waals surface area contributed by atoms with E-state index in [9.17, 15) is 4.79 Å². The molecule has 1 aromatic heterocycles. The minimum absolute atomic E-state index is 0.0670. The van der Waals surface area contributed by atoms with Crippen molar-refractivity contribution in [1.29, 1.82) is 0 Å². The van der Waals surface area contributed by atoms with E-state index in [1.54, 1.807) is 19.4 Å². The lowest BCUT2D eigenvalue weighted by atomic mass is 10.2. The number of nitrogens with zero attached hydrogens (tertiary/aromatic N) is 1. The van der Waals surface area contributed by atoms with Crippen molar-refractivity contribution in [1.82, 2.24) is 10.3 Å². The SMILES string of the molecule is COc1ccc(CNC(C)C(=O)Nc2ccccc2)cn1. The van der Waals surface area contributed by atoms with Gasteiger partial charge < -0.3 is 15.4 Å². The normalized spacial score (nSPS) is 11.7. The lowest BCUT2D eigenvalue weighted by Crippen LogP contribution is -2.37. The summed E-state index contributed by atoms with van der Waals surface area (Å²) in [6.45, 7) is 2.40. The number of nitrogens with one attached hydrogen (secondary N) is 2. The standard InChI is InChI=1S/C16H19N3O2/c1-12(16(20)19-14-6-4-3-5-7-14)17-10-13-8-9-15(21-2)18-11-13/h3-9,11-12,17H,10H2,1-2H3,(H,19,20). The van der Waals surface area contributed by atoms with Crippen molar-refractivity contribution in [2.75, 3.05) is 12.4 Å². The molecule has 0 saturated heterocycles. The van der Waals surface area contributed by atoms with Gasteiger partial charge in [0.1, 0.15) is 0 Å². The van der Waals surface area contributed by atoms with Gasteiger partial charge in [-0.25, -0.2) is 4.98 Å². The van der Waals surface area contributed by atoms with Crippen LogP contribution >= 0.6 is 0 Å². The van der Waals surface area contributed by atoms with Gasteiger partial charge in [0.2, 0.25) is 11.8 Å². The van der Waals surface area contributed by atoms with Crippen molar-refractivity contribution < 1.29 is 9.53 Å². The number of rotatable bonds is 6. The number of anilines is 1. The van der Waals surface area contributed by atoms with Gasteiger partial charge >= 0.3 is 0 Å². The second kappa shape index (κ2) is 7.40. The van der Waals surface area contributed by atoms with Crippen molar-refractivity contribution in [3.8, 4) is 5.88 Å². The summed E-state index contributed by atoms with van der Waals surface area (Å²) in [5, 5.41) is 6.02. The number of amides is 1. The molecule has 21 heavy (non-hydrogen) atoms. The average molecular weight is 285 g/mol. The highest BCUT2D eigenvalue weighted by Gasteiger charge is 2.12. The zero-order valence-corrected chi connectivity index (χ0v) is 12.2. The Labute approximate surface area is 124 Å². The summed E-state index contributed by atoms with van der Waals surface area (Å²) in [6.07, 6.45) is 1.73. The molecular weight excluding hydrogens is 266 g/mol. The monoisotopic (exact) mass is 285 g/mol. The fraction of sp³-hybridized carbons (Fsp3) is 0.250. The van der Waals surface area contributed by atoms with E-state index in [4.69, 9.17) is 4.74 Å². The molecule has 0 aliphatic rings. The van der Waals surface area contributed by atoms with Crippen LogP contribution in [0.15, 0.2) is 48.7 Å². The third-order valence-corrected chi connectivity index (χ3v) is 3.05. The predicted octanol–water partition coefficient (Wildman–Crippen LogP) is 2.21. The Bertz CT molecular complexity index is 570. The Morgan fingerprint density at radius 1 is 1.24 bits per heavy atom. The second-order valence-electron chi connectivity index (χ2n) is 4.67. The van der Waals surface area contributed by atoms with Crippen LogP contribution in [-0.4, -0.2) is 24.0 Å². The molecule has 1 amide bonds. The van der Waals surface area contributed by atoms with E-state index in [-0.39, 0.29) is 11.9 Å². The van der Waals surface area contributed by atoms with Crippen LogP contribution in [0.3, 0.4) is 0 Å². The topological polar surface area (TPSA) is 63.2 Å². The average Bonchev–Trinajstić information content (AvgIpc) is 2.54. The number of carbonyl (C=O) groups excluding carboxylic acids is 1. The van der Waals surface area contributed by atoms with E-state index in [0.29, 0.717) is 12.4 Å². The summed E-state index contributed by atoms with van der Waals surface area (Å²) in [7, 11) is 1.58. The van der Waals surface area contributed by atoms with E-state index >= 15 is 0 Å². The van der Waals surface area contributed by atoms with Gasteiger partial charge in [-0.15, -0.1) is 0 Å². The van der Waals surface area contributed by atoms with E-state index in [0.717, 1.165) is 11.3 Å². The molecular formula is C16H19N3O2. The van der Waals surface area contributed by atoms with Crippen LogP contribution < -0.4 is 15.4 Å². The highest BCUT2D eigenvalue weighted by Crippen LogP contribution is 2.08. The Morgan fingerprint density at radius 3 is 2.62 bits per heavy atom. The van der Waals surface area contributed by atoms with Crippen LogP contribution in [-0.2, 0) is 11.3 Å². The first kappa shape index (κ1) is 15.0. The molecule has 1 aromatic carbocycles. The van der Waals surface area contributed by atoms with Gasteiger partial charge in [0, 0.05) is 24.5 Å². The van der Waals surface area contributed by atoms with Gasteiger partial charge in [0.25, 0.3) is 0 Å². The van der Waals surface area contributed by atoms with E-state index in [2.05, 4.69) is 15.6 Å². The Morgan fingerprint density at radius 2 is 2.00 bits per heavy atom. The summed E-state index contributed by atoms with van der Waals surface area (Å²) in [6, 6.07) is 12.8. The third-order valence-electron chi connectivity index (χ3n) is 3.05. The summed E-state index contributed by atoms with van der Waals surface area (Å²) in [5.41, 5.74) is 1.79. The van der Waals surface area contributed by atoms with Crippen LogP contribution in [0.2, 0.25) is 0 Å². The number of aromatic nitrogens is 1. The minimum atomic E-state index is -0.299. The number of benzene rings is 1. The van der Waals surface area contributed by atoms with Crippen molar-refractivity contribution in [3.05, 3.63) is 54.2 Å². The molecule has 5 heteroatoms. The molecule has 0 spiro atoms. The second-order valence-corrected chi connectivity index (χ2v) is 4.67. The van der Waals surface area contributed by atoms with Gasteiger partial charge in [-0.05, 0) is 24.6 Å². The van der Waals surface area contributed by atoms with Crippen molar-refractivity contribution >= 4 is 11.6 Å². The van der Waals surface area contributed by atoms with Crippen molar-refractivity contribution in [2.45, 2.75) is 19.5 Å². The lowest BCUT2D eigenvalue weighted by Gasteiger charge is -2.14. The van der Waals surface area contributed by atoms with Gasteiger partial charge in [0.15, 0.2) is 0 Å². The Kier molecular flexibility index (Phi) is 5.29. The molecule has 2 N–H and O–H groups in total. The lowest BCUT2D eigenvalue weighted by molar-refractivity contribution is -0.117. The summed E-state index contributed by atoms with van der Waals surface area (Å²) >= 11 is 0. The summed E-state index contributed by atoms with van der Waals surface area (Å²) in [5.74, 6) is 0.510. The van der Waals surface area contributed by atoms with E-state index in [1.165, 1.54) is 0 Å². The number of ether oxygens (including phenoxy) is 1. The number of para-hydroxylation sites is 1. The van der Waals surface area contributed by atoms with Gasteiger partial charge in [0.05, 0.1) is 13.2 Å². The summed E-state index contributed by atoms with van der Waals surface area (Å²) in [4.78, 5) is 16.1. The molecule has 1 unspecified atom stereocenters. The predicted molar refractivity (Wildman–Crippen MR) is 82.2 cm³/mol. The maximum Gasteiger partial charge on any atom is 0.241 e. The van der Waals surface area contributed by atoms with Gasteiger partial charge in [-0.2, -0.15) is 0 Å². The molecule has 0 bridgehead atoms. The van der Waals surface area contributed by atoms with Crippen LogP contribution in [0.5, 0.6) is 5.88 Å². The smallest absolute Gasteiger partial charge is 0.241 e. The van der Waals surface area contributed by atoms with Gasteiger partial charge in [-0.3, -0.25) is 4.79 Å². The largest absolute Gasteiger partial charge is 0.481 e. The molecule has 2 rings (SSSR count). The number of hydrogen-bond donors (Lipinski definition) is 2. The molecule has 1 atom stereocenters. The minimum Gasteiger partial charge on any atom is -0.481 e. The zero-order chi connectivity index (χ0) is 15.1. The molecule has 2 aromatic rings. The van der Waals surface area contributed by atoms with Crippen molar-refractivity contribution in [2.24, 2.45) is 0 Å².